The average molecular weight is 269 g/mol. The minimum Gasteiger partial charge on any atom is -0.384 e. The second kappa shape index (κ2) is 6.65. The lowest BCUT2D eigenvalue weighted by atomic mass is 10.2. The Morgan fingerprint density at radius 3 is 2.65 bits per heavy atom. The van der Waals surface area contributed by atoms with Gasteiger partial charge in [-0.05, 0) is 24.6 Å². The number of rotatable bonds is 6. The molecule has 0 aliphatic rings. The molecule has 3 N–H and O–H groups in total. The van der Waals surface area contributed by atoms with E-state index in [2.05, 4.69) is 22.0 Å². The number of nitrogens with one attached hydrogen (secondary N) is 1. The van der Waals surface area contributed by atoms with Gasteiger partial charge in [0, 0.05) is 12.2 Å². The maximum absolute atomic E-state index is 7.69. The van der Waals surface area contributed by atoms with Gasteiger partial charge < -0.3 is 10.6 Å². The van der Waals surface area contributed by atoms with Crippen LogP contribution in [0, 0.1) is 5.41 Å². The first-order valence-corrected chi connectivity index (χ1v) is 6.72. The highest BCUT2D eigenvalue weighted by molar-refractivity contribution is 6.00. The lowest BCUT2D eigenvalue weighted by Gasteiger charge is -2.25. The summed E-state index contributed by atoms with van der Waals surface area (Å²) in [7, 11) is 0. The molecule has 0 saturated carbocycles. The van der Waals surface area contributed by atoms with Gasteiger partial charge in [-0.1, -0.05) is 31.5 Å². The molecule has 2 aromatic rings. The minimum atomic E-state index is 0.00679. The molecule has 2 rings (SSSR count). The van der Waals surface area contributed by atoms with Gasteiger partial charge in [0.1, 0.15) is 5.84 Å². The van der Waals surface area contributed by atoms with Gasteiger partial charge in [-0.2, -0.15) is 5.10 Å². The Morgan fingerprint density at radius 1 is 1.25 bits per heavy atom. The third-order valence-electron chi connectivity index (χ3n) is 3.05. The van der Waals surface area contributed by atoms with Crippen molar-refractivity contribution < 1.29 is 0 Å². The summed E-state index contributed by atoms with van der Waals surface area (Å²) in [5, 5.41) is 15.8. The highest BCUT2D eigenvalue weighted by Crippen LogP contribution is 2.26. The molecule has 0 atom stereocenters. The molecule has 5 nitrogen and oxygen atoms in total. The minimum absolute atomic E-state index is 0.00679. The van der Waals surface area contributed by atoms with Crippen molar-refractivity contribution >= 4 is 17.3 Å². The quantitative estimate of drug-likeness (QED) is 0.624. The fourth-order valence-electron chi connectivity index (χ4n) is 2.02. The molecule has 0 fully saturated rings. The normalized spacial score (nSPS) is 10.2. The van der Waals surface area contributed by atoms with Crippen LogP contribution in [-0.2, 0) is 0 Å². The van der Waals surface area contributed by atoms with Crippen molar-refractivity contribution in [2.75, 3.05) is 11.4 Å². The molecule has 104 valence electrons. The molecule has 0 unspecified atom stereocenters. The zero-order valence-corrected chi connectivity index (χ0v) is 11.6. The van der Waals surface area contributed by atoms with Crippen LogP contribution in [-0.4, -0.2) is 22.6 Å². The van der Waals surface area contributed by atoms with Crippen LogP contribution in [0.4, 0.5) is 11.5 Å². The standard InChI is InChI=1S/C15H19N5/c1-2-3-11-20(12-7-5-4-6-8-12)15-13(14(16)17)9-10-18-19-15/h4-10H,2-3,11H2,1H3,(H3,16,17). The number of anilines is 2. The van der Waals surface area contributed by atoms with Gasteiger partial charge in [0.05, 0.1) is 11.8 Å². The van der Waals surface area contributed by atoms with E-state index >= 15 is 0 Å². The Labute approximate surface area is 119 Å². The average Bonchev–Trinajstić information content (AvgIpc) is 2.49. The highest BCUT2D eigenvalue weighted by Gasteiger charge is 2.16. The van der Waals surface area contributed by atoms with Crippen molar-refractivity contribution in [2.45, 2.75) is 19.8 Å². The van der Waals surface area contributed by atoms with Crippen molar-refractivity contribution in [3.63, 3.8) is 0 Å². The number of para-hydroxylation sites is 1. The van der Waals surface area contributed by atoms with Gasteiger partial charge in [-0.25, -0.2) is 0 Å². The first kappa shape index (κ1) is 14.0. The maximum Gasteiger partial charge on any atom is 0.166 e. The third kappa shape index (κ3) is 3.12. The largest absolute Gasteiger partial charge is 0.384 e. The molecule has 1 heterocycles. The smallest absolute Gasteiger partial charge is 0.166 e. The SMILES string of the molecule is CCCCN(c1ccccc1)c1nnccc1C(=N)N. The van der Waals surface area contributed by atoms with Crippen LogP contribution < -0.4 is 10.6 Å². The number of hydrogen-bond acceptors (Lipinski definition) is 4. The van der Waals surface area contributed by atoms with Gasteiger partial charge in [0.15, 0.2) is 5.82 Å². The van der Waals surface area contributed by atoms with Crippen LogP contribution in [0.3, 0.4) is 0 Å². The van der Waals surface area contributed by atoms with Gasteiger partial charge in [0.2, 0.25) is 0 Å². The summed E-state index contributed by atoms with van der Waals surface area (Å²) in [5.74, 6) is 0.645. The Balaban J connectivity index is 2.44. The third-order valence-corrected chi connectivity index (χ3v) is 3.05. The van der Waals surface area contributed by atoms with Gasteiger partial charge in [0.25, 0.3) is 0 Å². The van der Waals surface area contributed by atoms with E-state index in [4.69, 9.17) is 11.1 Å². The van der Waals surface area contributed by atoms with Crippen LogP contribution in [0.2, 0.25) is 0 Å². The van der Waals surface area contributed by atoms with Gasteiger partial charge in [-0.3, -0.25) is 5.41 Å². The number of unbranched alkanes of at least 4 members (excludes halogenated alkanes) is 1. The van der Waals surface area contributed by atoms with Crippen LogP contribution in [0.1, 0.15) is 25.3 Å². The number of nitrogens with two attached hydrogens (primary N) is 1. The molecule has 0 spiro atoms. The van der Waals surface area contributed by atoms with E-state index in [0.29, 0.717) is 11.4 Å². The molecular weight excluding hydrogens is 250 g/mol. The maximum atomic E-state index is 7.69. The Hall–Kier alpha value is -2.43. The summed E-state index contributed by atoms with van der Waals surface area (Å²) in [5.41, 5.74) is 7.29. The highest BCUT2D eigenvalue weighted by atomic mass is 15.3. The molecule has 0 aliphatic heterocycles. The zero-order chi connectivity index (χ0) is 14.4. The van der Waals surface area contributed by atoms with E-state index in [0.717, 1.165) is 25.1 Å². The Morgan fingerprint density at radius 2 is 2.00 bits per heavy atom. The monoisotopic (exact) mass is 269 g/mol. The molecule has 1 aromatic heterocycles. The first-order chi connectivity index (χ1) is 9.74. The fraction of sp³-hybridized carbons (Fsp3) is 0.267. The summed E-state index contributed by atoms with van der Waals surface area (Å²) in [6, 6.07) is 11.7. The summed E-state index contributed by atoms with van der Waals surface area (Å²) >= 11 is 0. The number of amidine groups is 1. The van der Waals surface area contributed by atoms with E-state index in [1.807, 2.05) is 30.3 Å². The van der Waals surface area contributed by atoms with E-state index < -0.39 is 0 Å². The summed E-state index contributed by atoms with van der Waals surface area (Å²) < 4.78 is 0. The van der Waals surface area contributed by atoms with Crippen LogP contribution >= 0.6 is 0 Å². The fourth-order valence-corrected chi connectivity index (χ4v) is 2.02. The molecule has 0 aliphatic carbocycles. The number of benzene rings is 1. The summed E-state index contributed by atoms with van der Waals surface area (Å²) in [6.45, 7) is 2.96. The second-order valence-corrected chi connectivity index (χ2v) is 4.52. The second-order valence-electron chi connectivity index (χ2n) is 4.52. The van der Waals surface area contributed by atoms with Crippen molar-refractivity contribution in [3.05, 3.63) is 48.2 Å². The van der Waals surface area contributed by atoms with Gasteiger partial charge >= 0.3 is 0 Å². The predicted molar refractivity (Wildman–Crippen MR) is 81.4 cm³/mol. The lowest BCUT2D eigenvalue weighted by Crippen LogP contribution is -2.24. The van der Waals surface area contributed by atoms with Crippen molar-refractivity contribution in [3.8, 4) is 0 Å². The van der Waals surface area contributed by atoms with Crippen LogP contribution in [0.25, 0.3) is 0 Å². The molecular formula is C15H19N5. The molecule has 20 heavy (non-hydrogen) atoms. The molecule has 0 amide bonds. The molecule has 0 bridgehead atoms. The van der Waals surface area contributed by atoms with Crippen LogP contribution in [0.15, 0.2) is 42.6 Å². The first-order valence-electron chi connectivity index (χ1n) is 6.72. The lowest BCUT2D eigenvalue weighted by molar-refractivity contribution is 0.772. The zero-order valence-electron chi connectivity index (χ0n) is 11.6. The van der Waals surface area contributed by atoms with Crippen molar-refractivity contribution in [2.24, 2.45) is 5.73 Å². The van der Waals surface area contributed by atoms with Crippen LogP contribution in [0.5, 0.6) is 0 Å². The van der Waals surface area contributed by atoms with Crippen molar-refractivity contribution in [1.82, 2.24) is 10.2 Å². The van der Waals surface area contributed by atoms with Crippen molar-refractivity contribution in [1.29, 1.82) is 5.41 Å². The van der Waals surface area contributed by atoms with E-state index in [-0.39, 0.29) is 5.84 Å². The predicted octanol–water partition coefficient (Wildman–Crippen LogP) is 2.70. The number of nitrogen functional groups attached to an aromatic ring is 1. The topological polar surface area (TPSA) is 78.9 Å². The Kier molecular flexibility index (Phi) is 4.65. The number of nitrogens with zero attached hydrogens (tertiary/aromatic N) is 3. The number of aromatic nitrogens is 2. The summed E-state index contributed by atoms with van der Waals surface area (Å²) in [4.78, 5) is 2.06. The van der Waals surface area contributed by atoms with E-state index in [1.165, 1.54) is 0 Å². The molecule has 0 radical (unpaired) electrons. The molecule has 1 aromatic carbocycles. The Bertz CT molecular complexity index is 567. The van der Waals surface area contributed by atoms with E-state index in [9.17, 15) is 0 Å². The van der Waals surface area contributed by atoms with E-state index in [1.54, 1.807) is 12.3 Å². The van der Waals surface area contributed by atoms with Gasteiger partial charge in [-0.15, -0.1) is 5.10 Å². The molecule has 0 saturated heterocycles. The summed E-state index contributed by atoms with van der Waals surface area (Å²) in [6.07, 6.45) is 3.67. The number of hydrogen-bond donors (Lipinski definition) is 2. The molecule has 5 heteroatoms.